The molecule has 0 saturated carbocycles. The summed E-state index contributed by atoms with van der Waals surface area (Å²) in [5, 5.41) is 11.0. The summed E-state index contributed by atoms with van der Waals surface area (Å²) in [6.07, 6.45) is 8.22. The van der Waals surface area contributed by atoms with E-state index < -0.39 is 0 Å². The van der Waals surface area contributed by atoms with E-state index in [1.165, 1.54) is 5.56 Å². The molecule has 3 aromatic heterocycles. The number of benzene rings is 2. The molecule has 7 rings (SSSR count). The fraction of sp³-hybridized carbons (Fsp3) is 0.242. The van der Waals surface area contributed by atoms with Crippen LogP contribution in [-0.2, 0) is 11.2 Å². The Morgan fingerprint density at radius 2 is 1.73 bits per heavy atom. The number of methoxy groups -OCH3 is 1. The molecule has 44 heavy (non-hydrogen) atoms. The third kappa shape index (κ3) is 5.32. The number of carbonyl (C=O) groups is 1. The van der Waals surface area contributed by atoms with Gasteiger partial charge in [-0.15, -0.1) is 0 Å². The lowest BCUT2D eigenvalue weighted by atomic mass is 9.99. The van der Waals surface area contributed by atoms with E-state index in [2.05, 4.69) is 37.0 Å². The van der Waals surface area contributed by atoms with E-state index in [4.69, 9.17) is 32.9 Å². The van der Waals surface area contributed by atoms with Crippen LogP contribution in [0.3, 0.4) is 0 Å². The molecule has 9 nitrogen and oxygen atoms in total. The molecule has 1 fully saturated rings. The van der Waals surface area contributed by atoms with E-state index >= 15 is 0 Å². The third-order valence-electron chi connectivity index (χ3n) is 8.25. The van der Waals surface area contributed by atoms with E-state index in [0.717, 1.165) is 52.7 Å². The zero-order valence-electron chi connectivity index (χ0n) is 23.9. The lowest BCUT2D eigenvalue weighted by Crippen LogP contribution is -2.36. The predicted molar refractivity (Wildman–Crippen MR) is 173 cm³/mol. The molecule has 1 aliphatic carbocycles. The maximum Gasteiger partial charge on any atom is 0.220 e. The second kappa shape index (κ2) is 12.0. The van der Waals surface area contributed by atoms with E-state index in [1.807, 2.05) is 42.5 Å². The van der Waals surface area contributed by atoms with Gasteiger partial charge in [-0.1, -0.05) is 53.5 Å². The highest BCUT2D eigenvalue weighted by Crippen LogP contribution is 2.44. The molecule has 11 heteroatoms. The van der Waals surface area contributed by atoms with Crippen LogP contribution in [0.1, 0.15) is 36.4 Å². The maximum absolute atomic E-state index is 11.6. The predicted octanol–water partition coefficient (Wildman–Crippen LogP) is 6.67. The maximum atomic E-state index is 11.6. The van der Waals surface area contributed by atoms with Gasteiger partial charge in [-0.25, -0.2) is 15.0 Å². The molecule has 2 unspecified atom stereocenters. The number of nitrogens with one attached hydrogen (secondary N) is 3. The molecular weight excluding hydrogens is 597 g/mol. The summed E-state index contributed by atoms with van der Waals surface area (Å²) in [4.78, 5) is 29.8. The number of ether oxygens (including phenoxy) is 1. The molecule has 1 amide bonds. The van der Waals surface area contributed by atoms with Crippen molar-refractivity contribution >= 4 is 51.6 Å². The molecule has 0 bridgehead atoms. The lowest BCUT2D eigenvalue weighted by Gasteiger charge is -2.20. The van der Waals surface area contributed by atoms with Gasteiger partial charge in [-0.2, -0.15) is 0 Å². The summed E-state index contributed by atoms with van der Waals surface area (Å²) in [5.74, 6) is 1.26. The number of fused-ring (bicyclic) bond motifs is 2. The molecule has 0 radical (unpaired) electrons. The van der Waals surface area contributed by atoms with Gasteiger partial charge in [0.2, 0.25) is 11.8 Å². The number of pyridine rings is 2. The molecule has 2 aliphatic rings. The van der Waals surface area contributed by atoms with Crippen molar-refractivity contribution in [2.45, 2.75) is 37.8 Å². The number of nitrogens with zero attached hydrogens (tertiary/aromatic N) is 4. The first-order valence-corrected chi connectivity index (χ1v) is 15.3. The van der Waals surface area contributed by atoms with E-state index in [1.54, 1.807) is 25.7 Å². The molecule has 1 aliphatic heterocycles. The van der Waals surface area contributed by atoms with Crippen LogP contribution >= 0.6 is 23.2 Å². The average Bonchev–Trinajstić information content (AvgIpc) is 3.66. The van der Waals surface area contributed by atoms with E-state index in [-0.39, 0.29) is 18.0 Å². The lowest BCUT2D eigenvalue weighted by molar-refractivity contribution is -0.119. The first kappa shape index (κ1) is 28.5. The van der Waals surface area contributed by atoms with Crippen LogP contribution in [0, 0.1) is 0 Å². The molecule has 1 saturated heterocycles. The van der Waals surface area contributed by atoms with Crippen LogP contribution in [-0.4, -0.2) is 45.5 Å². The number of aryl methyl sites for hydroxylation is 1. The smallest absolute Gasteiger partial charge is 0.220 e. The standard InChI is InChI=1S/C33H29Cl2N7O2/c1-44-33-28-18(8-10-23(28)39-17-19-9-11-27(43)40-19)16-26(42-33)22-6-2-4-20(29(22)34)21-5-3-7-24(30(21)35)41-32-31-25(12-13-38-32)36-14-15-37-31/h2-7,12-16,19,23,39H,8-11,17H2,1H3,(H,38,41)(H,40,43). The molecule has 4 heterocycles. The molecule has 2 atom stereocenters. The van der Waals surface area contributed by atoms with Crippen LogP contribution in [0.2, 0.25) is 10.0 Å². The Balaban J connectivity index is 1.19. The van der Waals surface area contributed by atoms with E-state index in [9.17, 15) is 4.79 Å². The minimum absolute atomic E-state index is 0.108. The van der Waals surface area contributed by atoms with Crippen molar-refractivity contribution in [2.75, 3.05) is 19.0 Å². The van der Waals surface area contributed by atoms with Crippen LogP contribution in [0.15, 0.2) is 67.1 Å². The number of carbonyl (C=O) groups excluding carboxylic acids is 1. The number of amides is 1. The number of hydrogen-bond acceptors (Lipinski definition) is 8. The van der Waals surface area contributed by atoms with Gasteiger partial charge < -0.3 is 20.7 Å². The average molecular weight is 627 g/mol. The molecule has 2 aromatic carbocycles. The molecular formula is C33H29Cl2N7O2. The monoisotopic (exact) mass is 625 g/mol. The highest BCUT2D eigenvalue weighted by Gasteiger charge is 2.30. The Labute approximate surface area is 264 Å². The van der Waals surface area contributed by atoms with Gasteiger partial charge in [0.15, 0.2) is 5.82 Å². The van der Waals surface area contributed by atoms with Gasteiger partial charge in [0.1, 0.15) is 5.52 Å². The Morgan fingerprint density at radius 3 is 2.55 bits per heavy atom. The molecule has 222 valence electrons. The van der Waals surface area contributed by atoms with Crippen molar-refractivity contribution in [3.05, 3.63) is 88.3 Å². The number of rotatable bonds is 8. The van der Waals surface area contributed by atoms with Crippen molar-refractivity contribution in [3.8, 4) is 28.3 Å². The zero-order chi connectivity index (χ0) is 30.2. The summed E-state index contributed by atoms with van der Waals surface area (Å²) < 4.78 is 5.81. The van der Waals surface area contributed by atoms with Gasteiger partial charge in [0.25, 0.3) is 0 Å². The SMILES string of the molecule is COc1nc(-c2cccc(-c3cccc(Nc4nccc5nccnc45)c3Cl)c2Cl)cc2c1C(NCC1CCC(=O)N1)CC2. The van der Waals surface area contributed by atoms with Gasteiger partial charge in [0, 0.05) is 65.9 Å². The fourth-order valence-corrected chi connectivity index (χ4v) is 6.71. The minimum Gasteiger partial charge on any atom is -0.481 e. The number of aromatic nitrogens is 4. The number of halogens is 2. The zero-order valence-corrected chi connectivity index (χ0v) is 25.4. The number of hydrogen-bond donors (Lipinski definition) is 3. The Morgan fingerprint density at radius 1 is 0.932 bits per heavy atom. The van der Waals surface area contributed by atoms with E-state index in [0.29, 0.717) is 45.9 Å². The quantitative estimate of drug-likeness (QED) is 0.175. The van der Waals surface area contributed by atoms with Crippen molar-refractivity contribution in [2.24, 2.45) is 0 Å². The molecule has 5 aromatic rings. The van der Waals surface area contributed by atoms with Crippen molar-refractivity contribution in [3.63, 3.8) is 0 Å². The topological polar surface area (TPSA) is 114 Å². The Kier molecular flexibility index (Phi) is 7.76. The largest absolute Gasteiger partial charge is 0.481 e. The minimum atomic E-state index is 0.108. The second-order valence-corrected chi connectivity index (χ2v) is 11.7. The van der Waals surface area contributed by atoms with Crippen LogP contribution in [0.25, 0.3) is 33.4 Å². The van der Waals surface area contributed by atoms with Crippen molar-refractivity contribution < 1.29 is 9.53 Å². The Hall–Kier alpha value is -4.31. The van der Waals surface area contributed by atoms with Gasteiger partial charge >= 0.3 is 0 Å². The highest BCUT2D eigenvalue weighted by atomic mass is 35.5. The Bertz CT molecular complexity index is 1900. The summed E-state index contributed by atoms with van der Waals surface area (Å²) in [5.41, 5.74) is 7.37. The highest BCUT2D eigenvalue weighted by molar-refractivity contribution is 6.39. The summed E-state index contributed by atoms with van der Waals surface area (Å²) in [7, 11) is 1.64. The normalized spacial score (nSPS) is 17.5. The summed E-state index contributed by atoms with van der Waals surface area (Å²) >= 11 is 14.1. The van der Waals surface area contributed by atoms with Gasteiger partial charge in [-0.05, 0) is 43.0 Å². The van der Waals surface area contributed by atoms with Crippen molar-refractivity contribution in [1.29, 1.82) is 0 Å². The van der Waals surface area contributed by atoms with Crippen LogP contribution in [0.5, 0.6) is 5.88 Å². The molecule has 3 N–H and O–H groups in total. The first-order chi connectivity index (χ1) is 21.5. The summed E-state index contributed by atoms with van der Waals surface area (Å²) in [6, 6.07) is 15.8. The second-order valence-electron chi connectivity index (χ2n) is 10.9. The summed E-state index contributed by atoms with van der Waals surface area (Å²) in [6.45, 7) is 0.716. The first-order valence-electron chi connectivity index (χ1n) is 14.5. The van der Waals surface area contributed by atoms with Crippen molar-refractivity contribution in [1.82, 2.24) is 30.6 Å². The fourth-order valence-electron chi connectivity index (χ4n) is 6.11. The number of anilines is 2. The molecule has 0 spiro atoms. The van der Waals surface area contributed by atoms with Gasteiger partial charge in [-0.3, -0.25) is 9.78 Å². The van der Waals surface area contributed by atoms with Gasteiger partial charge in [0.05, 0.1) is 34.1 Å². The third-order valence-corrected chi connectivity index (χ3v) is 9.07. The van der Waals surface area contributed by atoms with Crippen LogP contribution < -0.4 is 20.7 Å². The van der Waals surface area contributed by atoms with Crippen LogP contribution in [0.4, 0.5) is 11.5 Å².